The average Bonchev–Trinajstić information content (AvgIpc) is 3.16. The minimum atomic E-state index is -3.92. The molecule has 1 aliphatic heterocycles. The number of hydrogen-bond donors (Lipinski definition) is 0. The molecule has 2 heterocycles. The van der Waals surface area contributed by atoms with Crippen LogP contribution in [0.3, 0.4) is 0 Å². The van der Waals surface area contributed by atoms with Crippen LogP contribution in [0.1, 0.15) is 11.3 Å². The fraction of sp³-hybridized carbons (Fsp3) is 0.111. The first-order valence-electron chi connectivity index (χ1n) is 7.85. The van der Waals surface area contributed by atoms with Crippen LogP contribution in [0.4, 0.5) is 4.79 Å². The van der Waals surface area contributed by atoms with E-state index in [1.54, 1.807) is 42.5 Å². The summed E-state index contributed by atoms with van der Waals surface area (Å²) < 4.78 is 27.5. The Morgan fingerprint density at radius 2 is 1.69 bits per heavy atom. The molecule has 0 radical (unpaired) electrons. The van der Waals surface area contributed by atoms with Gasteiger partial charge in [0, 0.05) is 10.6 Å². The minimum Gasteiger partial charge on any atom is -0.245 e. The van der Waals surface area contributed by atoms with Crippen LogP contribution in [-0.4, -0.2) is 28.5 Å². The van der Waals surface area contributed by atoms with E-state index in [1.807, 2.05) is 6.92 Å². The summed E-state index contributed by atoms with van der Waals surface area (Å²) >= 11 is 5.88. The number of rotatable bonds is 3. The number of halogens is 1. The van der Waals surface area contributed by atoms with Crippen LogP contribution in [0.15, 0.2) is 59.5 Å². The van der Waals surface area contributed by atoms with Gasteiger partial charge in [-0.25, -0.2) is 17.5 Å². The van der Waals surface area contributed by atoms with Crippen molar-refractivity contribution in [1.82, 2.24) is 14.1 Å². The molecule has 132 valence electrons. The number of aryl methyl sites for hydroxylation is 1. The van der Waals surface area contributed by atoms with E-state index in [2.05, 4.69) is 5.10 Å². The number of benzene rings is 2. The van der Waals surface area contributed by atoms with Gasteiger partial charge in [-0.2, -0.15) is 9.78 Å². The fourth-order valence-corrected chi connectivity index (χ4v) is 4.25. The summed E-state index contributed by atoms with van der Waals surface area (Å²) in [7, 11) is -3.92. The molecule has 1 amide bonds. The van der Waals surface area contributed by atoms with E-state index >= 15 is 0 Å². The molecule has 6 nitrogen and oxygen atoms in total. The Morgan fingerprint density at radius 3 is 2.31 bits per heavy atom. The van der Waals surface area contributed by atoms with Crippen molar-refractivity contribution in [2.24, 2.45) is 0 Å². The molecule has 0 fully saturated rings. The van der Waals surface area contributed by atoms with Gasteiger partial charge in [-0.15, -0.1) is 0 Å². The maximum atomic E-state index is 12.8. The normalized spacial score (nSPS) is 13.9. The maximum absolute atomic E-state index is 12.8. The Bertz CT molecular complexity index is 1100. The smallest absolute Gasteiger partial charge is 0.245 e. The number of carbonyl (C=O) groups is 1. The second kappa shape index (κ2) is 5.96. The van der Waals surface area contributed by atoms with E-state index in [-0.39, 0.29) is 11.4 Å². The lowest BCUT2D eigenvalue weighted by atomic mass is 10.1. The van der Waals surface area contributed by atoms with Gasteiger partial charge in [0.2, 0.25) is 0 Å². The first-order valence-corrected chi connectivity index (χ1v) is 9.67. The van der Waals surface area contributed by atoms with E-state index in [0.717, 1.165) is 20.1 Å². The molecule has 3 aromatic rings. The predicted molar refractivity (Wildman–Crippen MR) is 97.4 cm³/mol. The molecule has 0 bridgehead atoms. The Kier molecular flexibility index (Phi) is 3.86. The van der Waals surface area contributed by atoms with Gasteiger partial charge in [0.15, 0.2) is 0 Å². The monoisotopic (exact) mass is 387 g/mol. The number of fused-ring (bicyclic) bond motifs is 1. The zero-order chi connectivity index (χ0) is 18.5. The number of hydrogen-bond acceptors (Lipinski definition) is 4. The molecule has 0 N–H and O–H groups in total. The zero-order valence-corrected chi connectivity index (χ0v) is 15.3. The number of amides is 1. The van der Waals surface area contributed by atoms with Gasteiger partial charge < -0.3 is 0 Å². The van der Waals surface area contributed by atoms with Gasteiger partial charge in [0.1, 0.15) is 0 Å². The highest BCUT2D eigenvalue weighted by molar-refractivity contribution is 7.89. The van der Waals surface area contributed by atoms with Crippen LogP contribution in [0.25, 0.3) is 11.3 Å². The average molecular weight is 388 g/mol. The fourth-order valence-electron chi connectivity index (χ4n) is 2.81. The van der Waals surface area contributed by atoms with Crippen LogP contribution < -0.4 is 0 Å². The Hall–Kier alpha value is -2.64. The standard InChI is InChI=1S/C18H14ClN3O3S/c1-12-2-8-16(9-3-12)26(24,25)21-11-15-10-17(20-22(15)18(21)23)13-4-6-14(19)7-5-13/h2-10H,11H2,1H3. The summed E-state index contributed by atoms with van der Waals surface area (Å²) in [6, 6.07) is 14.5. The molecular weight excluding hydrogens is 374 g/mol. The van der Waals surface area contributed by atoms with E-state index < -0.39 is 16.1 Å². The van der Waals surface area contributed by atoms with Gasteiger partial charge in [-0.05, 0) is 37.3 Å². The number of nitrogens with zero attached hydrogens (tertiary/aromatic N) is 3. The van der Waals surface area contributed by atoms with Gasteiger partial charge in [-0.3, -0.25) is 0 Å². The van der Waals surface area contributed by atoms with Crippen LogP contribution >= 0.6 is 11.6 Å². The zero-order valence-electron chi connectivity index (χ0n) is 13.8. The van der Waals surface area contributed by atoms with Crippen LogP contribution in [-0.2, 0) is 16.6 Å². The van der Waals surface area contributed by atoms with E-state index in [1.165, 1.54) is 12.1 Å². The molecule has 0 atom stereocenters. The molecule has 0 spiro atoms. The number of aromatic nitrogens is 2. The molecule has 26 heavy (non-hydrogen) atoms. The van der Waals surface area contributed by atoms with Crippen LogP contribution in [0.5, 0.6) is 0 Å². The first kappa shape index (κ1) is 16.8. The molecule has 0 unspecified atom stereocenters. The summed E-state index contributed by atoms with van der Waals surface area (Å²) in [4.78, 5) is 12.7. The van der Waals surface area contributed by atoms with Crippen LogP contribution in [0, 0.1) is 6.92 Å². The van der Waals surface area contributed by atoms with Gasteiger partial charge in [0.25, 0.3) is 10.0 Å². The van der Waals surface area contributed by atoms with Crippen molar-refractivity contribution in [3.05, 3.63) is 70.9 Å². The highest BCUT2D eigenvalue weighted by Gasteiger charge is 2.38. The van der Waals surface area contributed by atoms with E-state index in [0.29, 0.717) is 16.4 Å². The van der Waals surface area contributed by atoms with Crippen molar-refractivity contribution in [2.75, 3.05) is 0 Å². The molecule has 1 aliphatic rings. The summed E-state index contributed by atoms with van der Waals surface area (Å²) in [6.07, 6.45) is 0. The third-order valence-electron chi connectivity index (χ3n) is 4.23. The quantitative estimate of drug-likeness (QED) is 0.687. The SMILES string of the molecule is Cc1ccc(S(=O)(=O)N2Cc3cc(-c4ccc(Cl)cc4)nn3C2=O)cc1. The van der Waals surface area contributed by atoms with Crippen molar-refractivity contribution in [3.63, 3.8) is 0 Å². The van der Waals surface area contributed by atoms with Crippen molar-refractivity contribution >= 4 is 27.7 Å². The molecule has 2 aromatic carbocycles. The minimum absolute atomic E-state index is 0.0460. The molecule has 0 aliphatic carbocycles. The molecule has 0 saturated heterocycles. The second-order valence-electron chi connectivity index (χ2n) is 6.05. The largest absolute Gasteiger partial charge is 0.359 e. The highest BCUT2D eigenvalue weighted by Crippen LogP contribution is 2.28. The molecule has 1 aromatic heterocycles. The lowest BCUT2D eigenvalue weighted by molar-refractivity contribution is 0.229. The lowest BCUT2D eigenvalue weighted by Crippen LogP contribution is -2.33. The third-order valence-corrected chi connectivity index (χ3v) is 6.22. The van der Waals surface area contributed by atoms with E-state index in [4.69, 9.17) is 11.6 Å². The second-order valence-corrected chi connectivity index (χ2v) is 8.35. The van der Waals surface area contributed by atoms with Crippen molar-refractivity contribution in [2.45, 2.75) is 18.4 Å². The number of sulfonamides is 1. The number of carbonyl (C=O) groups excluding carboxylic acids is 1. The third kappa shape index (κ3) is 2.69. The van der Waals surface area contributed by atoms with Crippen LogP contribution in [0.2, 0.25) is 5.02 Å². The lowest BCUT2D eigenvalue weighted by Gasteiger charge is -2.15. The van der Waals surface area contributed by atoms with E-state index in [9.17, 15) is 13.2 Å². The molecule has 4 rings (SSSR count). The molecule has 0 saturated carbocycles. The van der Waals surface area contributed by atoms with Crippen molar-refractivity contribution < 1.29 is 13.2 Å². The topological polar surface area (TPSA) is 72.3 Å². The maximum Gasteiger partial charge on any atom is 0.359 e. The first-order chi connectivity index (χ1) is 12.4. The predicted octanol–water partition coefficient (Wildman–Crippen LogP) is 3.68. The van der Waals surface area contributed by atoms with Crippen molar-refractivity contribution in [3.8, 4) is 11.3 Å². The molecular formula is C18H14ClN3O3S. The Morgan fingerprint density at radius 1 is 1.04 bits per heavy atom. The van der Waals surface area contributed by atoms with Gasteiger partial charge in [0.05, 0.1) is 22.8 Å². The van der Waals surface area contributed by atoms with Gasteiger partial charge in [-0.1, -0.05) is 41.4 Å². The summed E-state index contributed by atoms with van der Waals surface area (Å²) in [5, 5.41) is 4.86. The Labute approximate surface area is 155 Å². The molecule has 8 heteroatoms. The van der Waals surface area contributed by atoms with Crippen molar-refractivity contribution in [1.29, 1.82) is 0 Å². The summed E-state index contributed by atoms with van der Waals surface area (Å²) in [6.45, 7) is 1.82. The summed E-state index contributed by atoms with van der Waals surface area (Å²) in [5.41, 5.74) is 2.86. The Balaban J connectivity index is 1.66. The summed E-state index contributed by atoms with van der Waals surface area (Å²) in [5.74, 6) is 0. The highest BCUT2D eigenvalue weighted by atomic mass is 35.5. The van der Waals surface area contributed by atoms with Gasteiger partial charge >= 0.3 is 6.03 Å².